The summed E-state index contributed by atoms with van der Waals surface area (Å²) in [5, 5.41) is 16.9. The van der Waals surface area contributed by atoms with Crippen molar-refractivity contribution in [2.75, 3.05) is 4.72 Å². The minimum Gasteiger partial charge on any atom is -0.284 e. The maximum absolute atomic E-state index is 12.3. The van der Waals surface area contributed by atoms with Crippen LogP contribution in [0.4, 0.5) is 11.4 Å². The normalized spacial score (nSPS) is 11.3. The van der Waals surface area contributed by atoms with Crippen LogP contribution in [0.15, 0.2) is 29.4 Å². The second kappa shape index (κ2) is 4.93. The van der Waals surface area contributed by atoms with Gasteiger partial charge in [-0.15, -0.1) is 0 Å². The van der Waals surface area contributed by atoms with Gasteiger partial charge in [0, 0.05) is 18.3 Å². The van der Waals surface area contributed by atoms with Gasteiger partial charge in [0.25, 0.3) is 15.7 Å². The number of nitrogens with zero attached hydrogens (tertiary/aromatic N) is 2. The molecule has 0 saturated heterocycles. The number of hydrogen-bond acceptors (Lipinski definition) is 5. The van der Waals surface area contributed by atoms with Crippen molar-refractivity contribution >= 4 is 21.4 Å². The van der Waals surface area contributed by atoms with E-state index in [4.69, 9.17) is 0 Å². The van der Waals surface area contributed by atoms with E-state index in [9.17, 15) is 18.5 Å². The fraction of sp³-hybridized carbons (Fsp3) is 0.182. The van der Waals surface area contributed by atoms with E-state index >= 15 is 0 Å². The quantitative estimate of drug-likeness (QED) is 0.658. The summed E-state index contributed by atoms with van der Waals surface area (Å²) in [7, 11) is -3.91. The van der Waals surface area contributed by atoms with Crippen LogP contribution in [0.1, 0.15) is 11.1 Å². The molecule has 2 N–H and O–H groups in total. The van der Waals surface area contributed by atoms with Crippen LogP contribution in [0.3, 0.4) is 0 Å². The molecule has 0 fully saturated rings. The van der Waals surface area contributed by atoms with Crippen molar-refractivity contribution in [1.82, 2.24) is 10.2 Å². The SMILES string of the molecule is Cc1cc([N+](=O)[O-])cc(S(=O)(=O)Nc2cn[nH]c2)c1C. The van der Waals surface area contributed by atoms with Crippen molar-refractivity contribution in [2.45, 2.75) is 18.7 Å². The molecule has 1 aromatic heterocycles. The number of aromatic amines is 1. The topological polar surface area (TPSA) is 118 Å². The second-order valence-corrected chi connectivity index (χ2v) is 5.89. The summed E-state index contributed by atoms with van der Waals surface area (Å²) >= 11 is 0. The Morgan fingerprint density at radius 3 is 2.60 bits per heavy atom. The van der Waals surface area contributed by atoms with Crippen LogP contribution in [0.2, 0.25) is 0 Å². The molecule has 0 radical (unpaired) electrons. The summed E-state index contributed by atoms with van der Waals surface area (Å²) in [5.74, 6) is 0. The summed E-state index contributed by atoms with van der Waals surface area (Å²) in [6, 6.07) is 2.39. The number of aryl methyl sites for hydroxylation is 1. The third kappa shape index (κ3) is 2.62. The minimum atomic E-state index is -3.91. The molecule has 0 aliphatic carbocycles. The number of non-ortho nitro benzene ring substituents is 1. The monoisotopic (exact) mass is 296 g/mol. The number of rotatable bonds is 4. The third-order valence-electron chi connectivity index (χ3n) is 2.86. The van der Waals surface area contributed by atoms with Crippen molar-refractivity contribution in [3.8, 4) is 0 Å². The number of benzene rings is 1. The first-order valence-electron chi connectivity index (χ1n) is 5.58. The van der Waals surface area contributed by atoms with E-state index in [2.05, 4.69) is 14.9 Å². The molecule has 0 atom stereocenters. The van der Waals surface area contributed by atoms with Gasteiger partial charge in [0.1, 0.15) is 0 Å². The zero-order chi connectivity index (χ0) is 14.9. The third-order valence-corrected chi connectivity index (χ3v) is 4.36. The Kier molecular flexibility index (Phi) is 3.45. The largest absolute Gasteiger partial charge is 0.284 e. The van der Waals surface area contributed by atoms with E-state index in [0.717, 1.165) is 6.07 Å². The van der Waals surface area contributed by atoms with Crippen molar-refractivity contribution < 1.29 is 13.3 Å². The molecule has 2 rings (SSSR count). The van der Waals surface area contributed by atoms with Gasteiger partial charge >= 0.3 is 0 Å². The van der Waals surface area contributed by atoms with E-state index in [1.807, 2.05) is 0 Å². The molecule has 9 heteroatoms. The van der Waals surface area contributed by atoms with Gasteiger partial charge in [-0.2, -0.15) is 5.10 Å². The number of nitro groups is 1. The predicted molar refractivity (Wildman–Crippen MR) is 72.0 cm³/mol. The molecule has 0 aliphatic heterocycles. The molecular weight excluding hydrogens is 284 g/mol. The maximum atomic E-state index is 12.3. The van der Waals surface area contributed by atoms with Crippen LogP contribution in [0.5, 0.6) is 0 Å². The lowest BCUT2D eigenvalue weighted by Crippen LogP contribution is -2.14. The van der Waals surface area contributed by atoms with Crippen molar-refractivity contribution in [3.05, 3.63) is 45.8 Å². The van der Waals surface area contributed by atoms with Gasteiger partial charge in [-0.25, -0.2) is 8.42 Å². The molecule has 20 heavy (non-hydrogen) atoms. The Bertz CT molecular complexity index is 753. The minimum absolute atomic E-state index is 0.120. The molecule has 8 nitrogen and oxygen atoms in total. The van der Waals surface area contributed by atoms with Crippen LogP contribution >= 0.6 is 0 Å². The van der Waals surface area contributed by atoms with Crippen LogP contribution in [-0.4, -0.2) is 23.5 Å². The van der Waals surface area contributed by atoms with E-state index in [1.165, 1.54) is 18.5 Å². The van der Waals surface area contributed by atoms with Gasteiger partial charge in [-0.3, -0.25) is 19.9 Å². The fourth-order valence-corrected chi connectivity index (χ4v) is 3.08. The van der Waals surface area contributed by atoms with Gasteiger partial charge in [0.15, 0.2) is 0 Å². The van der Waals surface area contributed by atoms with Crippen LogP contribution in [-0.2, 0) is 10.0 Å². The van der Waals surface area contributed by atoms with Crippen molar-refractivity contribution in [2.24, 2.45) is 0 Å². The van der Waals surface area contributed by atoms with Gasteiger partial charge in [0.05, 0.1) is 21.7 Å². The number of nitro benzene ring substituents is 1. The van der Waals surface area contributed by atoms with E-state index in [-0.39, 0.29) is 16.3 Å². The lowest BCUT2D eigenvalue weighted by molar-refractivity contribution is -0.385. The Balaban J connectivity index is 2.53. The van der Waals surface area contributed by atoms with E-state index < -0.39 is 14.9 Å². The molecule has 106 valence electrons. The summed E-state index contributed by atoms with van der Waals surface area (Å²) in [5.41, 5.74) is 0.993. The Hall–Kier alpha value is -2.42. The number of nitrogens with one attached hydrogen (secondary N) is 2. The molecular formula is C11H12N4O4S. The van der Waals surface area contributed by atoms with Gasteiger partial charge in [-0.1, -0.05) is 0 Å². The van der Waals surface area contributed by atoms with Gasteiger partial charge < -0.3 is 0 Å². The van der Waals surface area contributed by atoms with E-state index in [0.29, 0.717) is 11.1 Å². The summed E-state index contributed by atoms with van der Waals surface area (Å²) in [6.07, 6.45) is 2.67. The Labute approximate surface area is 115 Å². The number of anilines is 1. The molecule has 0 spiro atoms. The lowest BCUT2D eigenvalue weighted by atomic mass is 10.1. The summed E-state index contributed by atoms with van der Waals surface area (Å²) < 4.78 is 26.8. The predicted octanol–water partition coefficient (Wildman–Crippen LogP) is 1.74. The zero-order valence-corrected chi connectivity index (χ0v) is 11.6. The zero-order valence-electron chi connectivity index (χ0n) is 10.7. The smallest absolute Gasteiger partial charge is 0.271 e. The van der Waals surface area contributed by atoms with Gasteiger partial charge in [-0.05, 0) is 25.0 Å². The van der Waals surface area contributed by atoms with E-state index in [1.54, 1.807) is 13.8 Å². The van der Waals surface area contributed by atoms with Crippen LogP contribution < -0.4 is 4.72 Å². The summed E-state index contributed by atoms with van der Waals surface area (Å²) in [6.45, 7) is 3.22. The highest BCUT2D eigenvalue weighted by Gasteiger charge is 2.22. The first-order valence-corrected chi connectivity index (χ1v) is 7.07. The maximum Gasteiger partial charge on any atom is 0.271 e. The highest BCUT2D eigenvalue weighted by Crippen LogP contribution is 2.26. The van der Waals surface area contributed by atoms with Crippen molar-refractivity contribution in [1.29, 1.82) is 0 Å². The van der Waals surface area contributed by atoms with Gasteiger partial charge in [0.2, 0.25) is 0 Å². The Morgan fingerprint density at radius 2 is 2.05 bits per heavy atom. The standard InChI is InChI=1S/C11H12N4O4S/c1-7-3-10(15(16)17)4-11(8(7)2)20(18,19)14-9-5-12-13-6-9/h3-6,14H,1-2H3,(H,12,13). The highest BCUT2D eigenvalue weighted by molar-refractivity contribution is 7.92. The molecule has 2 aromatic rings. The number of sulfonamides is 1. The molecule has 0 bridgehead atoms. The number of H-pyrrole nitrogens is 1. The Morgan fingerprint density at radius 1 is 1.35 bits per heavy atom. The molecule has 1 heterocycles. The number of aromatic nitrogens is 2. The highest BCUT2D eigenvalue weighted by atomic mass is 32.2. The second-order valence-electron chi connectivity index (χ2n) is 4.24. The molecule has 1 aromatic carbocycles. The van der Waals surface area contributed by atoms with Crippen LogP contribution in [0.25, 0.3) is 0 Å². The average molecular weight is 296 g/mol. The fourth-order valence-electron chi connectivity index (χ4n) is 1.71. The van der Waals surface area contributed by atoms with Crippen molar-refractivity contribution in [3.63, 3.8) is 0 Å². The first-order chi connectivity index (χ1) is 9.31. The molecule has 0 amide bonds. The molecule has 0 unspecified atom stereocenters. The lowest BCUT2D eigenvalue weighted by Gasteiger charge is -2.10. The number of hydrogen-bond donors (Lipinski definition) is 2. The molecule has 0 saturated carbocycles. The summed E-state index contributed by atoms with van der Waals surface area (Å²) in [4.78, 5) is 10.1. The molecule has 0 aliphatic rings. The van der Waals surface area contributed by atoms with Crippen LogP contribution in [0, 0.1) is 24.0 Å². The first kappa shape index (κ1) is 14.0. The average Bonchev–Trinajstić information content (AvgIpc) is 2.83.